The van der Waals surface area contributed by atoms with Crippen molar-refractivity contribution in [3.63, 3.8) is 0 Å². The third kappa shape index (κ3) is 7.69. The van der Waals surface area contributed by atoms with Gasteiger partial charge in [0.15, 0.2) is 5.78 Å². The van der Waals surface area contributed by atoms with E-state index >= 15 is 0 Å². The second-order valence-electron chi connectivity index (χ2n) is 10.2. The molecule has 0 bridgehead atoms. The topological polar surface area (TPSA) is 29.5 Å². The number of ether oxygens (including phenoxy) is 1. The van der Waals surface area contributed by atoms with Gasteiger partial charge in [0.25, 0.3) is 0 Å². The molecule has 0 spiro atoms. The van der Waals surface area contributed by atoms with Gasteiger partial charge < -0.3 is 4.74 Å². The average molecular weight is 522 g/mol. The minimum atomic E-state index is -0.0305. The molecule has 0 saturated heterocycles. The zero-order valence-corrected chi connectivity index (χ0v) is 24.3. The van der Waals surface area contributed by atoms with Gasteiger partial charge in [0.05, 0.1) is 0 Å². The van der Waals surface area contributed by atoms with Crippen LogP contribution in [0.25, 0.3) is 0 Å². The fourth-order valence-corrected chi connectivity index (χ4v) is 4.91. The van der Waals surface area contributed by atoms with Crippen LogP contribution in [-0.4, -0.2) is 30.0 Å². The lowest BCUT2D eigenvalue weighted by atomic mass is 9.84. The summed E-state index contributed by atoms with van der Waals surface area (Å²) < 4.78 is 6.61. The summed E-state index contributed by atoms with van der Waals surface area (Å²) >= 11 is 0. The number of nitrogens with zero attached hydrogens (tertiary/aromatic N) is 1. The third-order valence-electron chi connectivity index (χ3n) is 7.12. The first kappa shape index (κ1) is 30.6. The fraction of sp³-hybridized carbons (Fsp3) is 0.424. The van der Waals surface area contributed by atoms with Gasteiger partial charge in [-0.1, -0.05) is 102 Å². The van der Waals surface area contributed by atoms with Crippen LogP contribution in [0, 0.1) is 0 Å². The van der Waals surface area contributed by atoms with Gasteiger partial charge >= 0.3 is 0 Å². The van der Waals surface area contributed by atoms with Crippen molar-refractivity contribution in [2.75, 3.05) is 13.1 Å². The molecule has 0 N–H and O–H groups in total. The number of hydrogen-bond donors (Lipinski definition) is 0. The van der Waals surface area contributed by atoms with Crippen LogP contribution in [0.2, 0.25) is 0 Å². The van der Waals surface area contributed by atoms with Crippen LogP contribution >= 0.6 is 12.4 Å². The van der Waals surface area contributed by atoms with Gasteiger partial charge in [-0.15, -0.1) is 12.4 Å². The monoisotopic (exact) mass is 521 g/mol. The molecule has 0 amide bonds. The van der Waals surface area contributed by atoms with E-state index in [9.17, 15) is 4.79 Å². The number of Topliss-reactive ketones (excluding diaryl/α,β-unsaturated/α-hetero) is 1. The van der Waals surface area contributed by atoms with E-state index in [2.05, 4.69) is 89.8 Å². The second kappa shape index (κ2) is 14.4. The van der Waals surface area contributed by atoms with Gasteiger partial charge in [-0.25, -0.2) is 0 Å². The molecule has 3 nitrogen and oxygen atoms in total. The van der Waals surface area contributed by atoms with Crippen LogP contribution in [0.4, 0.5) is 0 Å². The van der Waals surface area contributed by atoms with Crippen molar-refractivity contribution in [2.24, 2.45) is 0 Å². The number of halogens is 1. The first-order valence-corrected chi connectivity index (χ1v) is 13.5. The molecule has 4 heteroatoms. The Morgan fingerprint density at radius 1 is 0.757 bits per heavy atom. The predicted octanol–water partition coefficient (Wildman–Crippen LogP) is 8.83. The first-order chi connectivity index (χ1) is 17.3. The van der Waals surface area contributed by atoms with Crippen molar-refractivity contribution in [1.82, 2.24) is 4.90 Å². The molecule has 3 rings (SSSR count). The van der Waals surface area contributed by atoms with Gasteiger partial charge in [-0.05, 0) is 66.2 Å². The molecule has 0 aromatic heterocycles. The molecule has 0 aliphatic rings. The molecule has 0 aliphatic heterocycles. The standard InChI is InChI=1S/C33H43NO2.ClH/c1-8-34(9-2)25(7)36-33-29(23(3)4)20-28(21-30(33)24(5)6)32(35)22-31(26-16-12-10-13-17-26)27-18-14-11-15-19-27;/h10-21,23-25,31H,8-9,22H2,1-7H3;1H. The summed E-state index contributed by atoms with van der Waals surface area (Å²) in [5, 5.41) is 0. The normalized spacial score (nSPS) is 12.2. The largest absolute Gasteiger partial charge is 0.475 e. The highest BCUT2D eigenvalue weighted by molar-refractivity contribution is 5.97. The van der Waals surface area contributed by atoms with Gasteiger partial charge in [0, 0.05) is 17.9 Å². The Balaban J connectivity index is 0.00000481. The van der Waals surface area contributed by atoms with Gasteiger partial charge in [-0.2, -0.15) is 0 Å². The van der Waals surface area contributed by atoms with Crippen LogP contribution in [0.5, 0.6) is 5.75 Å². The lowest BCUT2D eigenvalue weighted by Crippen LogP contribution is -2.37. The molecule has 0 aliphatic carbocycles. The molecule has 3 aromatic carbocycles. The van der Waals surface area contributed by atoms with Crippen LogP contribution in [0.3, 0.4) is 0 Å². The highest BCUT2D eigenvalue weighted by Gasteiger charge is 2.25. The molecule has 1 atom stereocenters. The smallest absolute Gasteiger partial charge is 0.163 e. The number of benzene rings is 3. The quantitative estimate of drug-likeness (QED) is 0.176. The number of carbonyl (C=O) groups excluding carboxylic acids is 1. The Labute approximate surface area is 230 Å². The van der Waals surface area contributed by atoms with Crippen LogP contribution in [0.15, 0.2) is 72.8 Å². The van der Waals surface area contributed by atoms with E-state index in [1.165, 1.54) is 11.1 Å². The fourth-order valence-electron chi connectivity index (χ4n) is 4.91. The molecule has 0 heterocycles. The Morgan fingerprint density at radius 3 is 1.57 bits per heavy atom. The maximum absolute atomic E-state index is 13.8. The van der Waals surface area contributed by atoms with Crippen molar-refractivity contribution in [3.8, 4) is 5.75 Å². The van der Waals surface area contributed by atoms with E-state index in [1.807, 2.05) is 36.4 Å². The average Bonchev–Trinajstić information content (AvgIpc) is 2.88. The number of rotatable bonds is 12. The summed E-state index contributed by atoms with van der Waals surface area (Å²) in [6.07, 6.45) is 0.399. The van der Waals surface area contributed by atoms with Gasteiger partial charge in [-0.3, -0.25) is 9.69 Å². The van der Waals surface area contributed by atoms with Crippen molar-refractivity contribution in [3.05, 3.63) is 101 Å². The number of carbonyl (C=O) groups is 1. The van der Waals surface area contributed by atoms with Gasteiger partial charge in [0.2, 0.25) is 0 Å². The molecular weight excluding hydrogens is 478 g/mol. The highest BCUT2D eigenvalue weighted by Crippen LogP contribution is 2.38. The van der Waals surface area contributed by atoms with Crippen LogP contribution < -0.4 is 4.74 Å². The van der Waals surface area contributed by atoms with Crippen LogP contribution in [-0.2, 0) is 0 Å². The summed E-state index contributed by atoms with van der Waals surface area (Å²) in [4.78, 5) is 16.1. The maximum atomic E-state index is 13.8. The minimum Gasteiger partial charge on any atom is -0.475 e. The number of hydrogen-bond acceptors (Lipinski definition) is 3. The lowest BCUT2D eigenvalue weighted by molar-refractivity contribution is 0.0461. The summed E-state index contributed by atoms with van der Waals surface area (Å²) in [5.41, 5.74) is 5.33. The summed E-state index contributed by atoms with van der Waals surface area (Å²) in [6.45, 7) is 17.0. The van der Waals surface area contributed by atoms with E-state index < -0.39 is 0 Å². The Hall–Kier alpha value is -2.62. The second-order valence-corrected chi connectivity index (χ2v) is 10.2. The van der Waals surface area contributed by atoms with Gasteiger partial charge in [0.1, 0.15) is 12.0 Å². The molecule has 200 valence electrons. The maximum Gasteiger partial charge on any atom is 0.163 e. The molecule has 1 unspecified atom stereocenters. The summed E-state index contributed by atoms with van der Waals surface area (Å²) in [6, 6.07) is 24.9. The van der Waals surface area contributed by atoms with E-state index in [0.29, 0.717) is 6.42 Å². The molecule has 3 aromatic rings. The van der Waals surface area contributed by atoms with Crippen molar-refractivity contribution in [2.45, 2.75) is 78.9 Å². The van der Waals surface area contributed by atoms with Crippen LogP contribution in [0.1, 0.15) is 105 Å². The Bertz CT molecular complexity index is 1040. The lowest BCUT2D eigenvalue weighted by Gasteiger charge is -2.30. The van der Waals surface area contributed by atoms with Crippen molar-refractivity contribution >= 4 is 18.2 Å². The van der Waals surface area contributed by atoms with Crippen molar-refractivity contribution in [1.29, 1.82) is 0 Å². The van der Waals surface area contributed by atoms with E-state index in [0.717, 1.165) is 35.5 Å². The minimum absolute atomic E-state index is 0. The predicted molar refractivity (Wildman–Crippen MR) is 159 cm³/mol. The van der Waals surface area contributed by atoms with E-state index in [1.54, 1.807) is 0 Å². The Kier molecular flexibility index (Phi) is 11.9. The zero-order valence-electron chi connectivity index (χ0n) is 23.5. The SMILES string of the molecule is CCN(CC)C(C)Oc1c(C(C)C)cc(C(=O)CC(c2ccccc2)c2ccccc2)cc1C(C)C.Cl. The van der Waals surface area contributed by atoms with Crippen molar-refractivity contribution < 1.29 is 9.53 Å². The number of ketones is 1. The molecule has 0 radical (unpaired) electrons. The molecule has 37 heavy (non-hydrogen) atoms. The zero-order chi connectivity index (χ0) is 26.2. The summed E-state index contributed by atoms with van der Waals surface area (Å²) in [5.74, 6) is 1.61. The highest BCUT2D eigenvalue weighted by atomic mass is 35.5. The molecule has 0 saturated carbocycles. The third-order valence-corrected chi connectivity index (χ3v) is 7.12. The molecule has 0 fully saturated rings. The summed E-state index contributed by atoms with van der Waals surface area (Å²) in [7, 11) is 0. The first-order valence-electron chi connectivity index (χ1n) is 13.5. The van der Waals surface area contributed by atoms with E-state index in [4.69, 9.17) is 4.74 Å². The Morgan fingerprint density at radius 2 is 1.19 bits per heavy atom. The van der Waals surface area contributed by atoms with E-state index in [-0.39, 0.29) is 42.2 Å². The molecular formula is C33H44ClNO2.